The summed E-state index contributed by atoms with van der Waals surface area (Å²) in [5.41, 5.74) is 0. The third-order valence-electron chi connectivity index (χ3n) is 8.82. The van der Waals surface area contributed by atoms with Crippen LogP contribution in [0.5, 0.6) is 0 Å². The second-order valence-corrected chi connectivity index (χ2v) is 16.4. The molecule has 0 saturated carbocycles. The van der Waals surface area contributed by atoms with Crippen LogP contribution in [-0.2, 0) is 27.9 Å². The number of esters is 1. The molecule has 8 nitrogen and oxygen atoms in total. The van der Waals surface area contributed by atoms with E-state index in [0.717, 1.165) is 32.1 Å². The van der Waals surface area contributed by atoms with Crippen molar-refractivity contribution < 1.29 is 37.3 Å². The summed E-state index contributed by atoms with van der Waals surface area (Å²) in [4.78, 5) is 24.9. The van der Waals surface area contributed by atoms with E-state index in [2.05, 4.69) is 26.0 Å². The molecule has 0 radical (unpaired) electrons. The number of rotatable bonds is 38. The maximum absolute atomic E-state index is 12.6. The molecule has 0 heterocycles. The molecule has 0 fully saturated rings. The highest BCUT2D eigenvalue weighted by Crippen LogP contribution is 2.38. The zero-order valence-electron chi connectivity index (χ0n) is 32.9. The number of ether oxygens (including phenoxy) is 2. The number of phosphoric ester groups is 1. The Hall–Kier alpha value is -0.760. The van der Waals surface area contributed by atoms with Crippen LogP contribution in [0.15, 0.2) is 12.2 Å². The number of carbonyl (C=O) groups excluding carboxylic acids is 1. The van der Waals surface area contributed by atoms with Gasteiger partial charge < -0.3 is 27.9 Å². The molecule has 2 unspecified atom stereocenters. The van der Waals surface area contributed by atoms with Crippen molar-refractivity contribution in [3.05, 3.63) is 12.2 Å². The first-order valence-electron chi connectivity index (χ1n) is 20.4. The molecular weight excluding hydrogens is 637 g/mol. The van der Waals surface area contributed by atoms with Gasteiger partial charge in [0.15, 0.2) is 0 Å². The molecular formula is C40H80NO7P. The lowest BCUT2D eigenvalue weighted by molar-refractivity contribution is -0.870. The minimum atomic E-state index is -4.51. The minimum absolute atomic E-state index is 0.0278. The van der Waals surface area contributed by atoms with Crippen LogP contribution in [0.1, 0.15) is 181 Å². The summed E-state index contributed by atoms with van der Waals surface area (Å²) in [5, 5.41) is 0. The molecule has 0 rings (SSSR count). The summed E-state index contributed by atoms with van der Waals surface area (Å²) < 4.78 is 34.5. The Balaban J connectivity index is 4.22. The van der Waals surface area contributed by atoms with Gasteiger partial charge in [0.25, 0.3) is 7.82 Å². The molecule has 0 aliphatic heterocycles. The number of likely N-dealkylation sites (N-methyl/N-ethyl adjacent to an activating group) is 1. The van der Waals surface area contributed by atoms with Crippen LogP contribution >= 0.6 is 7.82 Å². The molecule has 9 heteroatoms. The summed E-state index contributed by atoms with van der Waals surface area (Å²) in [6.45, 7) is 5.40. The van der Waals surface area contributed by atoms with Crippen molar-refractivity contribution >= 4 is 13.8 Å². The first-order chi connectivity index (χ1) is 23.6. The molecule has 292 valence electrons. The van der Waals surface area contributed by atoms with E-state index in [4.69, 9.17) is 18.5 Å². The number of allylic oxidation sites excluding steroid dienone is 2. The summed E-state index contributed by atoms with van der Waals surface area (Å²) in [6, 6.07) is 0. The Morgan fingerprint density at radius 2 is 1.06 bits per heavy atom. The highest BCUT2D eigenvalue weighted by Gasteiger charge is 2.20. The third-order valence-corrected chi connectivity index (χ3v) is 9.78. The molecule has 0 aliphatic rings. The van der Waals surface area contributed by atoms with Crippen LogP contribution in [0.4, 0.5) is 0 Å². The van der Waals surface area contributed by atoms with Gasteiger partial charge in [-0.3, -0.25) is 9.36 Å². The quantitative estimate of drug-likeness (QED) is 0.0206. The molecule has 0 aromatic carbocycles. The fraction of sp³-hybridized carbons (Fsp3) is 0.925. The number of phosphoric acid groups is 1. The Labute approximate surface area is 303 Å². The monoisotopic (exact) mass is 718 g/mol. The van der Waals surface area contributed by atoms with Crippen molar-refractivity contribution in [1.29, 1.82) is 0 Å². The number of hydrogen-bond donors (Lipinski definition) is 0. The fourth-order valence-electron chi connectivity index (χ4n) is 5.60. The minimum Gasteiger partial charge on any atom is -0.756 e. The van der Waals surface area contributed by atoms with E-state index in [9.17, 15) is 14.3 Å². The lowest BCUT2D eigenvalue weighted by Crippen LogP contribution is -2.37. The molecule has 0 amide bonds. The highest BCUT2D eigenvalue weighted by molar-refractivity contribution is 7.45. The van der Waals surface area contributed by atoms with E-state index < -0.39 is 13.9 Å². The van der Waals surface area contributed by atoms with Crippen molar-refractivity contribution in [2.24, 2.45) is 0 Å². The topological polar surface area (TPSA) is 94.1 Å². The van der Waals surface area contributed by atoms with Crippen LogP contribution in [0.2, 0.25) is 0 Å². The summed E-state index contributed by atoms with van der Waals surface area (Å²) in [7, 11) is 1.36. The zero-order valence-corrected chi connectivity index (χ0v) is 33.8. The predicted octanol–water partition coefficient (Wildman–Crippen LogP) is 10.9. The van der Waals surface area contributed by atoms with Gasteiger partial charge in [0, 0.05) is 13.0 Å². The SMILES string of the molecule is CCCCCCCCC/C=C\CCCCCCCCOCC(COP(=O)([O-])OCC[N+](C)(C)C)OC(=O)CCCCCCCCCCCC. The molecule has 0 aromatic heterocycles. The van der Waals surface area contributed by atoms with Crippen molar-refractivity contribution in [3.8, 4) is 0 Å². The Bertz CT molecular complexity index is 802. The van der Waals surface area contributed by atoms with Gasteiger partial charge in [0.2, 0.25) is 0 Å². The first-order valence-corrected chi connectivity index (χ1v) is 21.9. The number of unbranched alkanes of at least 4 members (excludes halogenated alkanes) is 22. The summed E-state index contributed by atoms with van der Waals surface area (Å²) in [6.07, 6.45) is 35.0. The van der Waals surface area contributed by atoms with E-state index in [0.29, 0.717) is 24.1 Å². The van der Waals surface area contributed by atoms with E-state index in [1.54, 1.807) is 0 Å². The predicted molar refractivity (Wildman–Crippen MR) is 204 cm³/mol. The average Bonchev–Trinajstić information content (AvgIpc) is 3.04. The Morgan fingerprint density at radius 1 is 0.612 bits per heavy atom. The van der Waals surface area contributed by atoms with Gasteiger partial charge in [-0.25, -0.2) is 0 Å². The van der Waals surface area contributed by atoms with Crippen LogP contribution < -0.4 is 4.89 Å². The largest absolute Gasteiger partial charge is 0.756 e. The molecule has 2 atom stereocenters. The maximum Gasteiger partial charge on any atom is 0.306 e. The van der Waals surface area contributed by atoms with Gasteiger partial charge in [0.05, 0.1) is 34.4 Å². The Morgan fingerprint density at radius 3 is 1.55 bits per heavy atom. The standard InChI is InChI=1S/C40H80NO7P/c1-6-8-10-12-14-16-18-19-20-21-22-23-24-26-28-30-32-35-45-37-39(38-47-49(43,44)46-36-34-41(3,4)5)48-40(42)33-31-29-27-25-17-15-13-11-9-7-2/h20-21,39H,6-19,22-38H2,1-5H3/b21-20-. The molecule has 0 saturated heterocycles. The lowest BCUT2D eigenvalue weighted by atomic mass is 10.1. The number of hydrogen-bond acceptors (Lipinski definition) is 7. The van der Waals surface area contributed by atoms with Crippen molar-refractivity contribution in [3.63, 3.8) is 0 Å². The third kappa shape index (κ3) is 38.3. The zero-order chi connectivity index (χ0) is 36.3. The van der Waals surface area contributed by atoms with Gasteiger partial charge >= 0.3 is 5.97 Å². The van der Waals surface area contributed by atoms with Crippen molar-refractivity contribution in [1.82, 2.24) is 0 Å². The number of quaternary nitrogens is 1. The normalized spacial score (nSPS) is 14.0. The van der Waals surface area contributed by atoms with Crippen LogP contribution in [0.3, 0.4) is 0 Å². The fourth-order valence-corrected chi connectivity index (χ4v) is 6.33. The van der Waals surface area contributed by atoms with E-state index in [-0.39, 0.29) is 25.8 Å². The van der Waals surface area contributed by atoms with Gasteiger partial charge in [-0.15, -0.1) is 0 Å². The van der Waals surface area contributed by atoms with Gasteiger partial charge in [-0.05, 0) is 38.5 Å². The summed E-state index contributed by atoms with van der Waals surface area (Å²) in [5.74, 6) is -0.337. The molecule has 0 bridgehead atoms. The molecule has 49 heavy (non-hydrogen) atoms. The average molecular weight is 718 g/mol. The van der Waals surface area contributed by atoms with Gasteiger partial charge in [-0.1, -0.05) is 148 Å². The van der Waals surface area contributed by atoms with E-state index in [1.807, 2.05) is 21.1 Å². The van der Waals surface area contributed by atoms with Crippen molar-refractivity contribution in [2.45, 2.75) is 187 Å². The van der Waals surface area contributed by atoms with Gasteiger partial charge in [-0.2, -0.15) is 0 Å². The smallest absolute Gasteiger partial charge is 0.306 e. The Kier molecular flexibility index (Phi) is 33.8. The lowest BCUT2D eigenvalue weighted by Gasteiger charge is -2.28. The number of nitrogens with zero attached hydrogens (tertiary/aromatic N) is 1. The maximum atomic E-state index is 12.6. The van der Waals surface area contributed by atoms with E-state index >= 15 is 0 Å². The molecule has 0 spiro atoms. The highest BCUT2D eigenvalue weighted by atomic mass is 31.2. The van der Waals surface area contributed by atoms with Crippen molar-refractivity contribution in [2.75, 3.05) is 54.1 Å². The molecule has 0 aromatic rings. The second kappa shape index (κ2) is 34.3. The first kappa shape index (κ1) is 48.2. The molecule has 0 N–H and O–H groups in total. The summed E-state index contributed by atoms with van der Waals surface area (Å²) >= 11 is 0. The molecule has 0 aliphatic carbocycles. The van der Waals surface area contributed by atoms with E-state index in [1.165, 1.54) is 128 Å². The van der Waals surface area contributed by atoms with Gasteiger partial charge in [0.1, 0.15) is 19.3 Å². The van der Waals surface area contributed by atoms with Crippen LogP contribution in [0, 0.1) is 0 Å². The number of carbonyl (C=O) groups is 1. The second-order valence-electron chi connectivity index (χ2n) is 15.0. The van der Waals surface area contributed by atoms with Crippen LogP contribution in [-0.4, -0.2) is 70.7 Å². The van der Waals surface area contributed by atoms with Crippen LogP contribution in [0.25, 0.3) is 0 Å².